The smallest absolute Gasteiger partial charge is 0.275 e. The van der Waals surface area contributed by atoms with E-state index in [1.165, 1.54) is 0 Å². The highest BCUT2D eigenvalue weighted by atomic mass is 35.5. The third kappa shape index (κ3) is 3.64. The first-order chi connectivity index (χ1) is 14.4. The first-order valence-corrected chi connectivity index (χ1v) is 10.5. The van der Waals surface area contributed by atoms with E-state index in [-0.39, 0.29) is 18.2 Å². The fourth-order valence-corrected chi connectivity index (χ4v) is 4.41. The van der Waals surface area contributed by atoms with E-state index in [0.29, 0.717) is 27.4 Å². The van der Waals surface area contributed by atoms with Crippen LogP contribution in [0.5, 0.6) is 0 Å². The van der Waals surface area contributed by atoms with Crippen LogP contribution in [0.3, 0.4) is 0 Å². The van der Waals surface area contributed by atoms with Gasteiger partial charge in [-0.1, -0.05) is 30.2 Å². The minimum absolute atomic E-state index is 0.0107. The van der Waals surface area contributed by atoms with Crippen LogP contribution in [0, 0.1) is 18.3 Å². The summed E-state index contributed by atoms with van der Waals surface area (Å²) in [6.45, 7) is 1.85. The number of halogens is 1. The summed E-state index contributed by atoms with van der Waals surface area (Å²) in [5, 5.41) is 9.64. The van der Waals surface area contributed by atoms with Crippen molar-refractivity contribution in [2.24, 2.45) is 4.99 Å². The Morgan fingerprint density at radius 3 is 2.50 bits per heavy atom. The van der Waals surface area contributed by atoms with E-state index in [0.717, 1.165) is 37.7 Å². The van der Waals surface area contributed by atoms with Crippen molar-refractivity contribution in [1.82, 2.24) is 4.90 Å². The average Bonchev–Trinajstić information content (AvgIpc) is 3.02. The minimum Gasteiger partial charge on any atom is -0.305 e. The zero-order valence-corrected chi connectivity index (χ0v) is 17.6. The Kier molecular flexibility index (Phi) is 5.44. The molecular formula is C24H22ClN3O2. The molecule has 0 atom stereocenters. The standard InChI is InChI=1S/C24H22ClN3O2/c1-16-13-19(9-10-20(16)25)21(29)15-28-23(30)22(18-7-5-17(14-26)6-8-18)27-24(28)11-3-2-4-12-24/h5-10,13H,2-4,11-12,15H2,1H3. The van der Waals surface area contributed by atoms with Crippen molar-refractivity contribution in [3.63, 3.8) is 0 Å². The van der Waals surface area contributed by atoms with E-state index >= 15 is 0 Å². The van der Waals surface area contributed by atoms with Gasteiger partial charge in [-0.2, -0.15) is 5.26 Å². The number of nitrogens with zero attached hydrogens (tertiary/aromatic N) is 3. The molecule has 5 nitrogen and oxygen atoms in total. The van der Waals surface area contributed by atoms with Gasteiger partial charge in [0.25, 0.3) is 5.91 Å². The molecule has 4 rings (SSSR count). The number of amides is 1. The summed E-state index contributed by atoms with van der Waals surface area (Å²) >= 11 is 6.09. The zero-order valence-electron chi connectivity index (χ0n) is 16.8. The van der Waals surface area contributed by atoms with Gasteiger partial charge in [-0.15, -0.1) is 0 Å². The predicted octanol–water partition coefficient (Wildman–Crippen LogP) is 4.69. The van der Waals surface area contributed by atoms with E-state index in [1.807, 2.05) is 6.92 Å². The van der Waals surface area contributed by atoms with Gasteiger partial charge < -0.3 is 4.90 Å². The fourth-order valence-electron chi connectivity index (χ4n) is 4.30. The number of hydrogen-bond donors (Lipinski definition) is 0. The Morgan fingerprint density at radius 2 is 1.87 bits per heavy atom. The van der Waals surface area contributed by atoms with E-state index < -0.39 is 5.66 Å². The molecule has 2 aromatic rings. The quantitative estimate of drug-likeness (QED) is 0.674. The number of carbonyl (C=O) groups is 2. The van der Waals surface area contributed by atoms with Crippen molar-refractivity contribution >= 4 is 29.0 Å². The number of ketones is 1. The Morgan fingerprint density at radius 1 is 1.17 bits per heavy atom. The van der Waals surface area contributed by atoms with Gasteiger partial charge in [0.1, 0.15) is 11.4 Å². The monoisotopic (exact) mass is 419 g/mol. The predicted molar refractivity (Wildman–Crippen MR) is 116 cm³/mol. The molecule has 30 heavy (non-hydrogen) atoms. The summed E-state index contributed by atoms with van der Waals surface area (Å²) in [6, 6.07) is 14.1. The van der Waals surface area contributed by atoms with Gasteiger partial charge in [-0.05, 0) is 68.5 Å². The highest BCUT2D eigenvalue weighted by molar-refractivity contribution is 6.47. The maximum absolute atomic E-state index is 13.4. The second kappa shape index (κ2) is 8.04. The number of nitriles is 1. The summed E-state index contributed by atoms with van der Waals surface area (Å²) in [5.74, 6) is -0.343. The molecule has 2 aromatic carbocycles. The van der Waals surface area contributed by atoms with Gasteiger partial charge >= 0.3 is 0 Å². The molecule has 152 valence electrons. The van der Waals surface area contributed by atoms with Crippen LogP contribution in [0.2, 0.25) is 5.02 Å². The van der Waals surface area contributed by atoms with Crippen molar-refractivity contribution < 1.29 is 9.59 Å². The molecule has 1 amide bonds. The van der Waals surface area contributed by atoms with Crippen LogP contribution in [0.1, 0.15) is 59.2 Å². The Labute approximate surface area is 181 Å². The van der Waals surface area contributed by atoms with Gasteiger partial charge in [0, 0.05) is 16.1 Å². The molecule has 0 unspecified atom stereocenters. The lowest BCUT2D eigenvalue weighted by molar-refractivity contribution is -0.128. The molecule has 1 aliphatic carbocycles. The molecule has 0 bridgehead atoms. The van der Waals surface area contributed by atoms with Crippen LogP contribution >= 0.6 is 11.6 Å². The second-order valence-corrected chi connectivity index (χ2v) is 8.38. The Hall–Kier alpha value is -2.97. The molecule has 0 N–H and O–H groups in total. The summed E-state index contributed by atoms with van der Waals surface area (Å²) in [7, 11) is 0. The van der Waals surface area contributed by atoms with Crippen molar-refractivity contribution in [3.8, 4) is 6.07 Å². The molecule has 1 spiro atoms. The number of hydrogen-bond acceptors (Lipinski definition) is 4. The number of carbonyl (C=O) groups excluding carboxylic acids is 2. The lowest BCUT2D eigenvalue weighted by Crippen LogP contribution is -2.50. The van der Waals surface area contributed by atoms with Crippen LogP contribution in [0.4, 0.5) is 0 Å². The minimum atomic E-state index is -0.657. The topological polar surface area (TPSA) is 73.5 Å². The second-order valence-electron chi connectivity index (χ2n) is 7.97. The lowest BCUT2D eigenvalue weighted by Gasteiger charge is -2.38. The number of aliphatic imine (C=N–C) groups is 1. The number of aryl methyl sites for hydroxylation is 1. The third-order valence-corrected chi connectivity index (χ3v) is 6.42. The van der Waals surface area contributed by atoms with E-state index in [2.05, 4.69) is 6.07 Å². The van der Waals surface area contributed by atoms with Crippen molar-refractivity contribution in [2.75, 3.05) is 6.54 Å². The van der Waals surface area contributed by atoms with Gasteiger partial charge in [-0.3, -0.25) is 14.6 Å². The molecule has 0 aromatic heterocycles. The molecular weight excluding hydrogens is 398 g/mol. The molecule has 0 radical (unpaired) electrons. The van der Waals surface area contributed by atoms with Crippen LogP contribution in [-0.2, 0) is 4.79 Å². The lowest BCUT2D eigenvalue weighted by atomic mass is 9.88. The van der Waals surface area contributed by atoms with Crippen molar-refractivity contribution in [1.29, 1.82) is 5.26 Å². The fraction of sp³-hybridized carbons (Fsp3) is 0.333. The number of benzene rings is 2. The van der Waals surface area contributed by atoms with E-state index in [1.54, 1.807) is 47.4 Å². The molecule has 1 fully saturated rings. The van der Waals surface area contributed by atoms with Crippen molar-refractivity contribution in [3.05, 3.63) is 69.7 Å². The molecule has 2 aliphatic rings. The van der Waals surface area contributed by atoms with E-state index in [4.69, 9.17) is 21.9 Å². The van der Waals surface area contributed by atoms with Gasteiger partial charge in [0.15, 0.2) is 5.78 Å². The van der Waals surface area contributed by atoms with Gasteiger partial charge in [-0.25, -0.2) is 0 Å². The zero-order chi connectivity index (χ0) is 21.3. The van der Waals surface area contributed by atoms with Gasteiger partial charge in [0.2, 0.25) is 0 Å². The SMILES string of the molecule is Cc1cc(C(=O)CN2C(=O)C(c3ccc(C#N)cc3)=NC23CCCCC3)ccc1Cl. The first kappa shape index (κ1) is 20.3. The molecule has 6 heteroatoms. The molecule has 0 saturated heterocycles. The molecule has 1 saturated carbocycles. The molecule has 1 heterocycles. The van der Waals surface area contributed by atoms with Crippen molar-refractivity contribution in [2.45, 2.75) is 44.7 Å². The highest BCUT2D eigenvalue weighted by Crippen LogP contribution is 2.39. The number of Topliss-reactive ketones (excluding diaryl/α,β-unsaturated/α-hetero) is 1. The van der Waals surface area contributed by atoms with Crippen LogP contribution in [0.15, 0.2) is 47.5 Å². The average molecular weight is 420 g/mol. The van der Waals surface area contributed by atoms with Gasteiger partial charge in [0.05, 0.1) is 18.2 Å². The van der Waals surface area contributed by atoms with E-state index in [9.17, 15) is 9.59 Å². The Bertz CT molecular complexity index is 1080. The maximum atomic E-state index is 13.4. The van der Waals surface area contributed by atoms with Crippen LogP contribution < -0.4 is 0 Å². The number of rotatable bonds is 4. The third-order valence-electron chi connectivity index (χ3n) is 5.99. The molecule has 1 aliphatic heterocycles. The Balaban J connectivity index is 1.66. The van der Waals surface area contributed by atoms with Crippen LogP contribution in [-0.4, -0.2) is 34.5 Å². The highest BCUT2D eigenvalue weighted by Gasteiger charge is 2.48. The first-order valence-electron chi connectivity index (χ1n) is 10.2. The normalized spacial score (nSPS) is 17.7. The summed E-state index contributed by atoms with van der Waals surface area (Å²) in [6.07, 6.45) is 4.57. The largest absolute Gasteiger partial charge is 0.305 e. The maximum Gasteiger partial charge on any atom is 0.275 e. The summed E-state index contributed by atoms with van der Waals surface area (Å²) < 4.78 is 0. The summed E-state index contributed by atoms with van der Waals surface area (Å²) in [5.41, 5.74) is 2.31. The summed E-state index contributed by atoms with van der Waals surface area (Å²) in [4.78, 5) is 33.0. The van der Waals surface area contributed by atoms with Crippen LogP contribution in [0.25, 0.3) is 0 Å².